The highest BCUT2D eigenvalue weighted by Gasteiger charge is 2.34. The Kier molecular flexibility index (Phi) is 10.2. The molecule has 9 nitrogen and oxygen atoms in total. The Bertz CT molecular complexity index is 876. The van der Waals surface area contributed by atoms with Gasteiger partial charge in [-0.05, 0) is 37.1 Å². The van der Waals surface area contributed by atoms with Crippen molar-refractivity contribution in [3.63, 3.8) is 0 Å². The zero-order valence-electron chi connectivity index (χ0n) is 18.8. The van der Waals surface area contributed by atoms with Crippen molar-refractivity contribution in [2.24, 2.45) is 5.92 Å². The largest absolute Gasteiger partial charge is 0.595 e. The van der Waals surface area contributed by atoms with E-state index in [0.29, 0.717) is 11.4 Å². The predicted octanol–water partition coefficient (Wildman–Crippen LogP) is 3.79. The van der Waals surface area contributed by atoms with Crippen LogP contribution in [0.2, 0.25) is 0 Å². The summed E-state index contributed by atoms with van der Waals surface area (Å²) in [6.45, 7) is 5.88. The van der Waals surface area contributed by atoms with Crippen LogP contribution in [-0.2, 0) is 18.9 Å². The van der Waals surface area contributed by atoms with Gasteiger partial charge in [0.15, 0.2) is 5.69 Å². The Morgan fingerprint density at radius 3 is 2.12 bits per heavy atom. The van der Waals surface area contributed by atoms with E-state index in [1.54, 1.807) is 30.3 Å². The van der Waals surface area contributed by atoms with E-state index in [1.165, 1.54) is 38.3 Å². The number of esters is 1. The van der Waals surface area contributed by atoms with E-state index in [1.807, 2.05) is 13.8 Å². The number of para-hydroxylation sites is 1. The van der Waals surface area contributed by atoms with Crippen molar-refractivity contribution >= 4 is 19.4 Å². The van der Waals surface area contributed by atoms with Gasteiger partial charge in [0.2, 0.25) is 0 Å². The van der Waals surface area contributed by atoms with Gasteiger partial charge in [-0.3, -0.25) is 4.79 Å². The quantitative estimate of drug-likeness (QED) is 0.261. The van der Waals surface area contributed by atoms with Crippen molar-refractivity contribution in [1.82, 2.24) is 5.09 Å². The summed E-state index contributed by atoms with van der Waals surface area (Å²) in [5.41, 5.74) is 0.310. The molecule has 0 radical (unpaired) electrons. The van der Waals surface area contributed by atoms with Crippen LogP contribution in [-0.4, -0.2) is 25.7 Å². The summed E-state index contributed by atoms with van der Waals surface area (Å²) in [5.74, 6) is 0.190. The van der Waals surface area contributed by atoms with E-state index < -0.39 is 25.0 Å². The number of rotatable bonds is 13. The molecule has 3 atom stereocenters. The summed E-state index contributed by atoms with van der Waals surface area (Å²) >= 11 is 0. The van der Waals surface area contributed by atoms with Crippen LogP contribution in [0.3, 0.4) is 0 Å². The first-order valence-electron chi connectivity index (χ1n) is 10.5. The van der Waals surface area contributed by atoms with E-state index in [9.17, 15) is 14.6 Å². The average molecular weight is 466 g/mol. The average Bonchev–Trinajstić information content (AvgIpc) is 2.79. The van der Waals surface area contributed by atoms with Crippen LogP contribution in [0, 0.1) is 11.1 Å². The highest BCUT2D eigenvalue weighted by molar-refractivity contribution is 7.52. The van der Waals surface area contributed by atoms with Gasteiger partial charge in [-0.25, -0.2) is 9.40 Å². The fourth-order valence-corrected chi connectivity index (χ4v) is 4.26. The Labute approximate surface area is 188 Å². The van der Waals surface area contributed by atoms with Gasteiger partial charge in [0.25, 0.3) is 0 Å². The molecule has 0 aliphatic heterocycles. The molecule has 2 rings (SSSR count). The summed E-state index contributed by atoms with van der Waals surface area (Å²) in [6, 6.07) is 13.4. The number of nitrogens with one attached hydrogen (secondary N) is 2. The first-order chi connectivity index (χ1) is 15.3. The summed E-state index contributed by atoms with van der Waals surface area (Å²) in [6.07, 6.45) is 1.79. The van der Waals surface area contributed by atoms with E-state index in [4.69, 9.17) is 13.8 Å². The molecule has 0 saturated heterocycles. The highest BCUT2D eigenvalue weighted by Crippen LogP contribution is 2.45. The third kappa shape index (κ3) is 7.93. The molecular formula is C22H31N2O7P. The third-order valence-corrected chi connectivity index (χ3v) is 6.40. The van der Waals surface area contributed by atoms with Crippen LogP contribution in [0.1, 0.15) is 33.6 Å². The lowest BCUT2D eigenvalue weighted by molar-refractivity contribution is -0.992. The minimum Gasteiger partial charge on any atom is -0.595 e. The maximum absolute atomic E-state index is 13.5. The Hall–Kier alpha value is -2.42. The van der Waals surface area contributed by atoms with Crippen LogP contribution in [0.15, 0.2) is 54.6 Å². The minimum atomic E-state index is -4.05. The lowest BCUT2D eigenvalue weighted by Crippen LogP contribution is -3.00. The van der Waals surface area contributed by atoms with Gasteiger partial charge in [0.1, 0.15) is 17.5 Å². The molecule has 0 bridgehead atoms. The number of hydrogen-bond donors (Lipinski definition) is 2. The molecule has 1 unspecified atom stereocenters. The monoisotopic (exact) mass is 466 g/mol. The molecule has 0 spiro atoms. The fourth-order valence-electron chi connectivity index (χ4n) is 2.74. The van der Waals surface area contributed by atoms with Gasteiger partial charge < -0.3 is 19.0 Å². The molecule has 2 aromatic rings. The molecule has 32 heavy (non-hydrogen) atoms. The SMILES string of the molecule is CCC(CC)COC(=O)[C@H](C)N[P@](=O)(Oc1ccccc1)Oc1ccc([NH+]([O-])OC)cc1. The van der Waals surface area contributed by atoms with Crippen molar-refractivity contribution in [3.05, 3.63) is 59.8 Å². The maximum atomic E-state index is 13.5. The Morgan fingerprint density at radius 1 is 1.03 bits per heavy atom. The van der Waals surface area contributed by atoms with E-state index in [2.05, 4.69) is 9.92 Å². The lowest BCUT2D eigenvalue weighted by atomic mass is 10.1. The zero-order valence-corrected chi connectivity index (χ0v) is 19.7. The van der Waals surface area contributed by atoms with Crippen LogP contribution in [0.25, 0.3) is 0 Å². The van der Waals surface area contributed by atoms with Crippen molar-refractivity contribution in [3.8, 4) is 11.5 Å². The van der Waals surface area contributed by atoms with Gasteiger partial charge in [0.05, 0.1) is 13.7 Å². The second-order valence-electron chi connectivity index (χ2n) is 7.17. The zero-order chi connectivity index (χ0) is 23.6. The van der Waals surface area contributed by atoms with Crippen LogP contribution in [0.5, 0.6) is 11.5 Å². The van der Waals surface area contributed by atoms with Crippen molar-refractivity contribution in [1.29, 1.82) is 0 Å². The fraction of sp³-hybridized carbons (Fsp3) is 0.409. The second kappa shape index (κ2) is 12.6. The topological polar surface area (TPSA) is 111 Å². The molecule has 2 aromatic carbocycles. The highest BCUT2D eigenvalue weighted by atomic mass is 31.2. The van der Waals surface area contributed by atoms with E-state index in [-0.39, 0.29) is 18.3 Å². The molecule has 0 amide bonds. The number of carbonyl (C=O) groups is 1. The van der Waals surface area contributed by atoms with Crippen molar-refractivity contribution in [2.75, 3.05) is 13.7 Å². The molecule has 0 fully saturated rings. The molecule has 0 aliphatic rings. The normalized spacial score (nSPS) is 14.9. The number of benzene rings is 2. The summed E-state index contributed by atoms with van der Waals surface area (Å²) in [5, 5.41) is 13.8. The van der Waals surface area contributed by atoms with Crippen LogP contribution in [0.4, 0.5) is 5.69 Å². The van der Waals surface area contributed by atoms with E-state index in [0.717, 1.165) is 12.8 Å². The smallest absolute Gasteiger partial charge is 0.513 e. The molecule has 0 saturated carbocycles. The first kappa shape index (κ1) is 25.8. The summed E-state index contributed by atoms with van der Waals surface area (Å²) in [4.78, 5) is 17.1. The van der Waals surface area contributed by atoms with E-state index >= 15 is 0 Å². The number of ether oxygens (including phenoxy) is 1. The lowest BCUT2D eigenvalue weighted by Gasteiger charge is -2.24. The molecule has 0 aliphatic carbocycles. The Balaban J connectivity index is 2.15. The third-order valence-electron chi connectivity index (χ3n) is 4.79. The van der Waals surface area contributed by atoms with Crippen LogP contribution >= 0.6 is 7.75 Å². The summed E-state index contributed by atoms with van der Waals surface area (Å²) in [7, 11) is -2.77. The molecule has 2 N–H and O–H groups in total. The minimum absolute atomic E-state index is 0.182. The number of quaternary nitrogens is 1. The first-order valence-corrected chi connectivity index (χ1v) is 12.0. The maximum Gasteiger partial charge on any atom is 0.513 e. The molecule has 176 valence electrons. The molecular weight excluding hydrogens is 435 g/mol. The van der Waals surface area contributed by atoms with Gasteiger partial charge >= 0.3 is 13.7 Å². The van der Waals surface area contributed by atoms with Gasteiger partial charge in [-0.15, -0.1) is 0 Å². The number of carbonyl (C=O) groups excluding carboxylic acids is 1. The predicted molar refractivity (Wildman–Crippen MR) is 120 cm³/mol. The second-order valence-corrected chi connectivity index (χ2v) is 8.79. The molecule has 10 heteroatoms. The molecule has 0 aromatic heterocycles. The van der Waals surface area contributed by atoms with Crippen molar-refractivity contribution in [2.45, 2.75) is 39.7 Å². The van der Waals surface area contributed by atoms with Gasteiger partial charge in [-0.2, -0.15) is 10.3 Å². The number of hydrogen-bond acceptors (Lipinski definition) is 7. The Morgan fingerprint density at radius 2 is 1.59 bits per heavy atom. The standard InChI is InChI=1S/C22H31N2O7P/c1-5-18(6-2)16-29-22(25)17(3)23-32(27,30-20-10-8-7-9-11-20)31-21-14-12-19(13-15-21)24(26)28-4/h7-15,17-18,24H,5-6,16H2,1-4H3,(H,23,27)/t17-,32-/m0/s1. The summed E-state index contributed by atoms with van der Waals surface area (Å²) < 4.78 is 30.1. The van der Waals surface area contributed by atoms with Gasteiger partial charge in [0, 0.05) is 12.1 Å². The van der Waals surface area contributed by atoms with Gasteiger partial charge in [-0.1, -0.05) is 44.9 Å². The van der Waals surface area contributed by atoms with Crippen molar-refractivity contribution < 1.29 is 33.2 Å². The van der Waals surface area contributed by atoms with Crippen LogP contribution < -0.4 is 19.4 Å². The molecule has 0 heterocycles.